The quantitative estimate of drug-likeness (QED) is 0.906. The van der Waals surface area contributed by atoms with E-state index in [0.29, 0.717) is 18.6 Å². The number of hydrogen-bond donors (Lipinski definition) is 1. The van der Waals surface area contributed by atoms with Crippen molar-refractivity contribution in [1.29, 1.82) is 0 Å². The molecule has 0 aliphatic carbocycles. The normalized spacial score (nSPS) is 18.9. The molecule has 1 atom stereocenters. The van der Waals surface area contributed by atoms with Gasteiger partial charge in [0.25, 0.3) is 5.91 Å². The van der Waals surface area contributed by atoms with Gasteiger partial charge in [0.1, 0.15) is 5.75 Å². The van der Waals surface area contributed by atoms with Crippen LogP contribution in [-0.4, -0.2) is 43.6 Å². The molecular weight excluding hydrogens is 264 g/mol. The van der Waals surface area contributed by atoms with Crippen molar-refractivity contribution in [2.45, 2.75) is 32.7 Å². The van der Waals surface area contributed by atoms with Crippen molar-refractivity contribution in [2.75, 3.05) is 26.7 Å². The summed E-state index contributed by atoms with van der Waals surface area (Å²) < 4.78 is 5.65. The monoisotopic (exact) mass is 290 g/mol. The average Bonchev–Trinajstić information content (AvgIpc) is 2.52. The number of ether oxygens (including phenoxy) is 1. The van der Waals surface area contributed by atoms with E-state index in [1.807, 2.05) is 36.2 Å². The number of rotatable bonds is 5. The van der Waals surface area contributed by atoms with Gasteiger partial charge >= 0.3 is 0 Å². The fourth-order valence-electron chi connectivity index (χ4n) is 2.54. The third-order valence-corrected chi connectivity index (χ3v) is 3.80. The van der Waals surface area contributed by atoms with Gasteiger partial charge in [-0.05, 0) is 50.1 Å². The Labute approximate surface area is 127 Å². The van der Waals surface area contributed by atoms with Gasteiger partial charge < -0.3 is 15.0 Å². The Hall–Kier alpha value is -1.55. The van der Waals surface area contributed by atoms with Gasteiger partial charge in [0.15, 0.2) is 0 Å². The van der Waals surface area contributed by atoms with Gasteiger partial charge in [-0.2, -0.15) is 0 Å². The van der Waals surface area contributed by atoms with Crippen LogP contribution in [0.1, 0.15) is 37.0 Å². The predicted octanol–water partition coefficient (Wildman–Crippen LogP) is 2.55. The lowest BCUT2D eigenvalue weighted by molar-refractivity contribution is 0.0698. The molecule has 0 saturated carbocycles. The van der Waals surface area contributed by atoms with Crippen LogP contribution >= 0.6 is 0 Å². The van der Waals surface area contributed by atoms with E-state index in [1.165, 1.54) is 0 Å². The number of hydrogen-bond acceptors (Lipinski definition) is 3. The number of likely N-dealkylation sites (tertiary alicyclic amines) is 1. The van der Waals surface area contributed by atoms with Gasteiger partial charge in [-0.15, -0.1) is 0 Å². The Kier molecular flexibility index (Phi) is 5.62. The van der Waals surface area contributed by atoms with Crippen LogP contribution < -0.4 is 10.1 Å². The zero-order chi connectivity index (χ0) is 15.2. The van der Waals surface area contributed by atoms with E-state index in [2.05, 4.69) is 19.2 Å². The third-order valence-electron chi connectivity index (χ3n) is 3.80. The first-order valence-electron chi connectivity index (χ1n) is 7.79. The summed E-state index contributed by atoms with van der Waals surface area (Å²) in [6.45, 7) is 6.58. The summed E-state index contributed by atoms with van der Waals surface area (Å²) in [6, 6.07) is 7.91. The van der Waals surface area contributed by atoms with Crippen molar-refractivity contribution >= 4 is 5.91 Å². The maximum absolute atomic E-state index is 12.5. The zero-order valence-electron chi connectivity index (χ0n) is 13.3. The smallest absolute Gasteiger partial charge is 0.253 e. The average molecular weight is 290 g/mol. The Morgan fingerprint density at radius 1 is 1.38 bits per heavy atom. The molecule has 1 saturated heterocycles. The topological polar surface area (TPSA) is 41.6 Å². The molecule has 0 spiro atoms. The Morgan fingerprint density at radius 3 is 2.71 bits per heavy atom. The number of likely N-dealkylation sites (N-methyl/N-ethyl adjacent to an activating group) is 1. The Bertz CT molecular complexity index is 456. The van der Waals surface area contributed by atoms with E-state index in [9.17, 15) is 4.79 Å². The molecule has 1 N–H and O–H groups in total. The molecule has 0 bridgehead atoms. The molecule has 2 rings (SSSR count). The van der Waals surface area contributed by atoms with Gasteiger partial charge in [0.05, 0.1) is 6.61 Å². The highest BCUT2D eigenvalue weighted by Crippen LogP contribution is 2.17. The van der Waals surface area contributed by atoms with Crippen LogP contribution in [-0.2, 0) is 0 Å². The van der Waals surface area contributed by atoms with Crippen molar-refractivity contribution in [2.24, 2.45) is 5.92 Å². The van der Waals surface area contributed by atoms with E-state index in [1.54, 1.807) is 0 Å². The fraction of sp³-hybridized carbons (Fsp3) is 0.588. The summed E-state index contributed by atoms with van der Waals surface area (Å²) in [5.41, 5.74) is 0.739. The number of nitrogens with zero attached hydrogens (tertiary/aromatic N) is 1. The first-order chi connectivity index (χ1) is 10.1. The molecule has 1 amide bonds. The molecule has 1 heterocycles. The number of carbonyl (C=O) groups is 1. The summed E-state index contributed by atoms with van der Waals surface area (Å²) in [7, 11) is 1.96. The number of amides is 1. The molecule has 4 heteroatoms. The Morgan fingerprint density at radius 2 is 2.10 bits per heavy atom. The van der Waals surface area contributed by atoms with Crippen molar-refractivity contribution in [3.05, 3.63) is 29.8 Å². The summed E-state index contributed by atoms with van der Waals surface area (Å²) >= 11 is 0. The molecule has 1 fully saturated rings. The molecule has 21 heavy (non-hydrogen) atoms. The highest BCUT2D eigenvalue weighted by atomic mass is 16.5. The molecule has 4 nitrogen and oxygen atoms in total. The summed E-state index contributed by atoms with van der Waals surface area (Å²) in [5, 5.41) is 3.26. The lowest BCUT2D eigenvalue weighted by Crippen LogP contribution is -2.46. The van der Waals surface area contributed by atoms with Crippen molar-refractivity contribution in [3.63, 3.8) is 0 Å². The highest BCUT2D eigenvalue weighted by Gasteiger charge is 2.23. The molecule has 1 aromatic rings. The van der Waals surface area contributed by atoms with Crippen LogP contribution in [0.15, 0.2) is 24.3 Å². The predicted molar refractivity (Wildman–Crippen MR) is 84.8 cm³/mol. The van der Waals surface area contributed by atoms with Crippen LogP contribution in [0.5, 0.6) is 5.75 Å². The van der Waals surface area contributed by atoms with Gasteiger partial charge in [-0.1, -0.05) is 13.8 Å². The van der Waals surface area contributed by atoms with E-state index < -0.39 is 0 Å². The molecule has 116 valence electrons. The second-order valence-corrected chi connectivity index (χ2v) is 6.11. The number of carbonyl (C=O) groups excluding carboxylic acids is 1. The van der Waals surface area contributed by atoms with Gasteiger partial charge in [0.2, 0.25) is 0 Å². The number of benzene rings is 1. The molecular formula is C17H26N2O2. The van der Waals surface area contributed by atoms with Crippen LogP contribution in [0, 0.1) is 5.92 Å². The first-order valence-corrected chi connectivity index (χ1v) is 7.79. The SMILES string of the molecule is CNC1CCCN(C(=O)c2ccc(OCC(C)C)cc2)C1. The van der Waals surface area contributed by atoms with E-state index in [4.69, 9.17) is 4.74 Å². The van der Waals surface area contributed by atoms with E-state index in [0.717, 1.165) is 37.2 Å². The minimum absolute atomic E-state index is 0.116. The van der Waals surface area contributed by atoms with Crippen LogP contribution in [0.25, 0.3) is 0 Å². The second-order valence-electron chi connectivity index (χ2n) is 6.11. The highest BCUT2D eigenvalue weighted by molar-refractivity contribution is 5.94. The molecule has 1 unspecified atom stereocenters. The van der Waals surface area contributed by atoms with Crippen LogP contribution in [0.4, 0.5) is 0 Å². The van der Waals surface area contributed by atoms with E-state index in [-0.39, 0.29) is 5.91 Å². The summed E-state index contributed by atoms with van der Waals surface area (Å²) in [4.78, 5) is 14.4. The summed E-state index contributed by atoms with van der Waals surface area (Å²) in [5.74, 6) is 1.44. The largest absolute Gasteiger partial charge is 0.493 e. The van der Waals surface area contributed by atoms with Crippen molar-refractivity contribution in [1.82, 2.24) is 10.2 Å². The molecule has 1 aliphatic rings. The van der Waals surface area contributed by atoms with Gasteiger partial charge in [0, 0.05) is 24.7 Å². The molecule has 1 aromatic carbocycles. The maximum atomic E-state index is 12.5. The van der Waals surface area contributed by atoms with Crippen LogP contribution in [0.2, 0.25) is 0 Å². The number of nitrogens with one attached hydrogen (secondary N) is 1. The van der Waals surface area contributed by atoms with Crippen molar-refractivity contribution in [3.8, 4) is 5.75 Å². The van der Waals surface area contributed by atoms with Gasteiger partial charge in [-0.25, -0.2) is 0 Å². The van der Waals surface area contributed by atoms with Gasteiger partial charge in [-0.3, -0.25) is 4.79 Å². The number of piperidine rings is 1. The van der Waals surface area contributed by atoms with Crippen molar-refractivity contribution < 1.29 is 9.53 Å². The lowest BCUT2D eigenvalue weighted by Gasteiger charge is -2.32. The molecule has 0 aromatic heterocycles. The third kappa shape index (κ3) is 4.46. The maximum Gasteiger partial charge on any atom is 0.253 e. The minimum atomic E-state index is 0.116. The fourth-order valence-corrected chi connectivity index (χ4v) is 2.54. The second kappa shape index (κ2) is 7.46. The summed E-state index contributed by atoms with van der Waals surface area (Å²) in [6.07, 6.45) is 2.20. The standard InChI is InChI=1S/C17H26N2O2/c1-13(2)12-21-16-8-6-14(7-9-16)17(20)19-10-4-5-15(11-19)18-3/h6-9,13,15,18H,4-5,10-12H2,1-3H3. The molecule has 0 radical (unpaired) electrons. The minimum Gasteiger partial charge on any atom is -0.493 e. The van der Waals surface area contributed by atoms with Crippen LogP contribution in [0.3, 0.4) is 0 Å². The molecule has 1 aliphatic heterocycles. The first kappa shape index (κ1) is 15.8. The Balaban J connectivity index is 1.96. The zero-order valence-corrected chi connectivity index (χ0v) is 13.3. The van der Waals surface area contributed by atoms with E-state index >= 15 is 0 Å². The lowest BCUT2D eigenvalue weighted by atomic mass is 10.0.